The van der Waals surface area contributed by atoms with E-state index < -0.39 is 17.7 Å². The van der Waals surface area contributed by atoms with Crippen molar-refractivity contribution in [1.82, 2.24) is 0 Å². The predicted octanol–water partition coefficient (Wildman–Crippen LogP) is 3.07. The molecule has 0 aliphatic heterocycles. The van der Waals surface area contributed by atoms with Gasteiger partial charge in [0.25, 0.3) is 0 Å². The van der Waals surface area contributed by atoms with E-state index >= 15 is 0 Å². The minimum atomic E-state index is -4.74. The summed E-state index contributed by atoms with van der Waals surface area (Å²) in [5, 5.41) is 8.87. The first-order valence-electron chi connectivity index (χ1n) is 5.32. The molecule has 0 aromatic heterocycles. The lowest BCUT2D eigenvalue weighted by molar-refractivity contribution is -0.274. The van der Waals surface area contributed by atoms with E-state index in [1.807, 2.05) is 0 Å². The van der Waals surface area contributed by atoms with Crippen LogP contribution in [0.25, 0.3) is 0 Å². The summed E-state index contributed by atoms with van der Waals surface area (Å²) in [6.07, 6.45) is -4.74. The number of halogens is 3. The first kappa shape index (κ1) is 15.1. The van der Waals surface area contributed by atoms with Crippen LogP contribution in [0, 0.1) is 5.41 Å². The maximum atomic E-state index is 11.9. The Hall–Kier alpha value is -1.92. The van der Waals surface area contributed by atoms with Gasteiger partial charge in [0.05, 0.1) is 5.41 Å². The van der Waals surface area contributed by atoms with E-state index in [4.69, 9.17) is 9.84 Å². The van der Waals surface area contributed by atoms with Crippen molar-refractivity contribution in [2.45, 2.75) is 20.2 Å². The summed E-state index contributed by atoms with van der Waals surface area (Å²) in [4.78, 5) is 10.8. The second kappa shape index (κ2) is 5.38. The fourth-order valence-corrected chi connectivity index (χ4v) is 1.06. The van der Waals surface area contributed by atoms with Gasteiger partial charge in [0, 0.05) is 0 Å². The smallest absolute Gasteiger partial charge is 0.492 e. The molecular formula is C12H13F3O4. The summed E-state index contributed by atoms with van der Waals surface area (Å²) in [5.74, 6) is -1.12. The second-order valence-corrected chi connectivity index (χ2v) is 4.50. The summed E-state index contributed by atoms with van der Waals surface area (Å²) < 4.78 is 44.6. The van der Waals surface area contributed by atoms with Gasteiger partial charge >= 0.3 is 12.3 Å². The molecule has 0 aliphatic rings. The van der Waals surface area contributed by atoms with Crippen LogP contribution in [0.15, 0.2) is 24.3 Å². The van der Waals surface area contributed by atoms with Crippen molar-refractivity contribution in [2.75, 3.05) is 6.61 Å². The van der Waals surface area contributed by atoms with Crippen LogP contribution in [0.1, 0.15) is 13.8 Å². The van der Waals surface area contributed by atoms with Crippen LogP contribution in [0.2, 0.25) is 0 Å². The maximum Gasteiger partial charge on any atom is 0.573 e. The standard InChI is InChI=1S/C12H13F3O4/c1-11(2,10(16)17)7-18-8-3-5-9(6-4-8)19-12(13,14)15/h3-6H,7H2,1-2H3,(H,16,17). The molecule has 1 rings (SSSR count). The van der Waals surface area contributed by atoms with Crippen LogP contribution < -0.4 is 9.47 Å². The Balaban J connectivity index is 2.61. The third kappa shape index (κ3) is 5.07. The van der Waals surface area contributed by atoms with E-state index in [1.165, 1.54) is 26.0 Å². The molecule has 0 amide bonds. The zero-order valence-electron chi connectivity index (χ0n) is 10.3. The Morgan fingerprint density at radius 1 is 1.16 bits per heavy atom. The third-order valence-electron chi connectivity index (χ3n) is 2.24. The van der Waals surface area contributed by atoms with Crippen LogP contribution >= 0.6 is 0 Å². The van der Waals surface area contributed by atoms with Gasteiger partial charge in [0.1, 0.15) is 18.1 Å². The number of carboxylic acid groups (broad SMARTS) is 1. The van der Waals surface area contributed by atoms with E-state index in [1.54, 1.807) is 0 Å². The van der Waals surface area contributed by atoms with Gasteiger partial charge in [-0.1, -0.05) is 0 Å². The molecule has 4 nitrogen and oxygen atoms in total. The highest BCUT2D eigenvalue weighted by molar-refractivity contribution is 5.73. The molecule has 0 bridgehead atoms. The van der Waals surface area contributed by atoms with E-state index in [9.17, 15) is 18.0 Å². The molecule has 0 spiro atoms. The Bertz CT molecular complexity index is 437. The fourth-order valence-electron chi connectivity index (χ4n) is 1.06. The Labute approximate surface area is 107 Å². The number of carbonyl (C=O) groups is 1. The minimum absolute atomic E-state index is 0.0954. The molecule has 1 aromatic carbocycles. The summed E-state index contributed by atoms with van der Waals surface area (Å²) in [7, 11) is 0. The number of rotatable bonds is 5. The number of hydrogen-bond donors (Lipinski definition) is 1. The molecule has 0 fully saturated rings. The molecule has 0 heterocycles. The van der Waals surface area contributed by atoms with Gasteiger partial charge in [-0.3, -0.25) is 4.79 Å². The quantitative estimate of drug-likeness (QED) is 0.899. The van der Waals surface area contributed by atoms with E-state index in [0.29, 0.717) is 0 Å². The molecule has 7 heteroatoms. The Kier molecular flexibility index (Phi) is 4.28. The topological polar surface area (TPSA) is 55.8 Å². The van der Waals surface area contributed by atoms with E-state index in [0.717, 1.165) is 12.1 Å². The molecule has 0 radical (unpaired) electrons. The normalized spacial score (nSPS) is 12.1. The minimum Gasteiger partial charge on any atom is -0.492 e. The highest BCUT2D eigenvalue weighted by Gasteiger charge is 2.31. The van der Waals surface area contributed by atoms with Crippen LogP contribution in [0.5, 0.6) is 11.5 Å². The van der Waals surface area contributed by atoms with Crippen LogP contribution in [0.4, 0.5) is 13.2 Å². The highest BCUT2D eigenvalue weighted by atomic mass is 19.4. The van der Waals surface area contributed by atoms with Crippen molar-refractivity contribution in [3.63, 3.8) is 0 Å². The zero-order valence-corrected chi connectivity index (χ0v) is 10.3. The molecule has 0 unspecified atom stereocenters. The summed E-state index contributed by atoms with van der Waals surface area (Å²) >= 11 is 0. The van der Waals surface area contributed by atoms with Gasteiger partial charge in [0.2, 0.25) is 0 Å². The van der Waals surface area contributed by atoms with Gasteiger partial charge in [-0.05, 0) is 38.1 Å². The lowest BCUT2D eigenvalue weighted by Gasteiger charge is -2.19. The van der Waals surface area contributed by atoms with Gasteiger partial charge in [-0.2, -0.15) is 0 Å². The second-order valence-electron chi connectivity index (χ2n) is 4.50. The molecule has 1 N–H and O–H groups in total. The van der Waals surface area contributed by atoms with E-state index in [-0.39, 0.29) is 18.1 Å². The number of alkyl halides is 3. The molecule has 106 valence electrons. The molecule has 0 aliphatic carbocycles. The molecule has 1 aromatic rings. The van der Waals surface area contributed by atoms with Crippen LogP contribution in [-0.4, -0.2) is 24.0 Å². The molecule has 19 heavy (non-hydrogen) atoms. The maximum absolute atomic E-state index is 11.9. The number of ether oxygens (including phenoxy) is 2. The lowest BCUT2D eigenvalue weighted by Crippen LogP contribution is -2.30. The van der Waals surface area contributed by atoms with Crippen molar-refractivity contribution in [1.29, 1.82) is 0 Å². The average molecular weight is 278 g/mol. The molecule has 0 saturated heterocycles. The largest absolute Gasteiger partial charge is 0.573 e. The zero-order chi connectivity index (χ0) is 14.7. The molecule has 0 saturated carbocycles. The van der Waals surface area contributed by atoms with Crippen molar-refractivity contribution in [2.24, 2.45) is 5.41 Å². The average Bonchev–Trinajstić information content (AvgIpc) is 2.26. The first-order chi connectivity index (χ1) is 8.60. The highest BCUT2D eigenvalue weighted by Crippen LogP contribution is 2.25. The molecule has 0 atom stereocenters. The van der Waals surface area contributed by atoms with Crippen LogP contribution in [0.3, 0.4) is 0 Å². The Morgan fingerprint density at radius 2 is 1.63 bits per heavy atom. The number of hydrogen-bond acceptors (Lipinski definition) is 3. The number of carboxylic acids is 1. The summed E-state index contributed by atoms with van der Waals surface area (Å²) in [6.45, 7) is 2.87. The van der Waals surface area contributed by atoms with Crippen LogP contribution in [-0.2, 0) is 4.79 Å². The summed E-state index contributed by atoms with van der Waals surface area (Å²) in [6, 6.07) is 4.74. The van der Waals surface area contributed by atoms with Gasteiger partial charge in [-0.25, -0.2) is 0 Å². The van der Waals surface area contributed by atoms with Gasteiger partial charge in [0.15, 0.2) is 0 Å². The number of aliphatic carboxylic acids is 1. The van der Waals surface area contributed by atoms with Crippen molar-refractivity contribution >= 4 is 5.97 Å². The van der Waals surface area contributed by atoms with Crippen molar-refractivity contribution < 1.29 is 32.5 Å². The first-order valence-corrected chi connectivity index (χ1v) is 5.32. The van der Waals surface area contributed by atoms with E-state index in [2.05, 4.69) is 4.74 Å². The third-order valence-corrected chi connectivity index (χ3v) is 2.24. The van der Waals surface area contributed by atoms with Crippen molar-refractivity contribution in [3.05, 3.63) is 24.3 Å². The van der Waals surface area contributed by atoms with Gasteiger partial charge in [-0.15, -0.1) is 13.2 Å². The predicted molar refractivity (Wildman–Crippen MR) is 60.0 cm³/mol. The lowest BCUT2D eigenvalue weighted by atomic mass is 9.95. The van der Waals surface area contributed by atoms with Crippen molar-refractivity contribution in [3.8, 4) is 11.5 Å². The fraction of sp³-hybridized carbons (Fsp3) is 0.417. The van der Waals surface area contributed by atoms with Gasteiger partial charge < -0.3 is 14.6 Å². The Morgan fingerprint density at radius 3 is 2.05 bits per heavy atom. The number of benzene rings is 1. The monoisotopic (exact) mass is 278 g/mol. The molecular weight excluding hydrogens is 265 g/mol. The SMILES string of the molecule is CC(C)(COc1ccc(OC(F)(F)F)cc1)C(=O)O. The summed E-state index contributed by atoms with van der Waals surface area (Å²) in [5.41, 5.74) is -1.08.